The molecular formula is C23H27N. The summed E-state index contributed by atoms with van der Waals surface area (Å²) >= 11 is 0. The maximum atomic E-state index is 4.00. The Morgan fingerprint density at radius 1 is 0.708 bits per heavy atom. The van der Waals surface area contributed by atoms with Crippen molar-refractivity contribution in [1.29, 1.82) is 0 Å². The Kier molecular flexibility index (Phi) is 3.52. The molecular weight excluding hydrogens is 290 g/mol. The van der Waals surface area contributed by atoms with Crippen LogP contribution in [0.1, 0.15) is 44.1 Å². The molecule has 2 aromatic rings. The largest absolute Gasteiger partial charge is 0.307 e. The lowest BCUT2D eigenvalue weighted by Crippen LogP contribution is -2.58. The molecule has 4 bridgehead atoms. The van der Waals surface area contributed by atoms with Crippen molar-refractivity contribution >= 4 is 0 Å². The molecule has 4 aliphatic carbocycles. The average molecular weight is 317 g/mol. The standard InChI is InChI=1S/C23H27N/c1-2-4-21(5-3-1)22-8-6-17(7-9-22)16-24-23-13-18-10-19(14-23)12-20(11-18)15-23/h1-9,18-20,24H,10-16H2. The summed E-state index contributed by atoms with van der Waals surface area (Å²) in [6, 6.07) is 19.8. The van der Waals surface area contributed by atoms with Gasteiger partial charge in [-0.1, -0.05) is 54.6 Å². The minimum Gasteiger partial charge on any atom is -0.307 e. The summed E-state index contributed by atoms with van der Waals surface area (Å²) in [6.07, 6.45) is 8.86. The van der Waals surface area contributed by atoms with Crippen molar-refractivity contribution in [3.63, 3.8) is 0 Å². The fraction of sp³-hybridized carbons (Fsp3) is 0.478. The molecule has 6 rings (SSSR count). The molecule has 1 N–H and O–H groups in total. The molecule has 1 heteroatoms. The summed E-state index contributed by atoms with van der Waals surface area (Å²) in [5.41, 5.74) is 4.50. The van der Waals surface area contributed by atoms with E-state index in [0.29, 0.717) is 5.54 Å². The lowest BCUT2D eigenvalue weighted by Gasteiger charge is -2.57. The van der Waals surface area contributed by atoms with Crippen molar-refractivity contribution in [3.05, 3.63) is 60.2 Å². The van der Waals surface area contributed by atoms with E-state index in [4.69, 9.17) is 0 Å². The van der Waals surface area contributed by atoms with E-state index in [-0.39, 0.29) is 0 Å². The van der Waals surface area contributed by atoms with Crippen molar-refractivity contribution in [2.45, 2.75) is 50.6 Å². The minimum absolute atomic E-state index is 0.465. The van der Waals surface area contributed by atoms with Gasteiger partial charge in [0.25, 0.3) is 0 Å². The summed E-state index contributed by atoms with van der Waals surface area (Å²) in [4.78, 5) is 0. The van der Waals surface area contributed by atoms with Gasteiger partial charge in [-0.15, -0.1) is 0 Å². The maximum absolute atomic E-state index is 4.00. The molecule has 0 saturated heterocycles. The Morgan fingerprint density at radius 3 is 1.83 bits per heavy atom. The van der Waals surface area contributed by atoms with Gasteiger partial charge in [-0.3, -0.25) is 0 Å². The lowest BCUT2D eigenvalue weighted by atomic mass is 9.53. The van der Waals surface area contributed by atoms with Crippen LogP contribution in [-0.4, -0.2) is 5.54 Å². The van der Waals surface area contributed by atoms with E-state index in [1.165, 1.54) is 55.2 Å². The Hall–Kier alpha value is -1.60. The van der Waals surface area contributed by atoms with Crippen LogP contribution in [0.5, 0.6) is 0 Å². The molecule has 0 spiro atoms. The summed E-state index contributed by atoms with van der Waals surface area (Å²) in [6.45, 7) is 1.03. The van der Waals surface area contributed by atoms with Crippen molar-refractivity contribution in [2.75, 3.05) is 0 Å². The quantitative estimate of drug-likeness (QED) is 0.795. The van der Waals surface area contributed by atoms with Crippen LogP contribution < -0.4 is 5.32 Å². The lowest BCUT2D eigenvalue weighted by molar-refractivity contribution is -0.0206. The Labute approximate surface area is 145 Å². The summed E-state index contributed by atoms with van der Waals surface area (Å²) in [7, 11) is 0. The second kappa shape index (κ2) is 5.74. The second-order valence-corrected chi connectivity index (χ2v) is 8.61. The van der Waals surface area contributed by atoms with Crippen LogP contribution in [0.15, 0.2) is 54.6 Å². The van der Waals surface area contributed by atoms with E-state index in [0.717, 1.165) is 24.3 Å². The van der Waals surface area contributed by atoms with E-state index < -0.39 is 0 Å². The van der Waals surface area contributed by atoms with E-state index in [9.17, 15) is 0 Å². The van der Waals surface area contributed by atoms with E-state index in [1.54, 1.807) is 0 Å². The number of hydrogen-bond donors (Lipinski definition) is 1. The number of nitrogens with one attached hydrogen (secondary N) is 1. The predicted octanol–water partition coefficient (Wildman–Crippen LogP) is 5.41. The molecule has 0 radical (unpaired) electrons. The highest BCUT2D eigenvalue weighted by Gasteiger charge is 2.50. The Morgan fingerprint density at radius 2 is 1.25 bits per heavy atom. The first-order chi connectivity index (χ1) is 11.8. The summed E-state index contributed by atoms with van der Waals surface area (Å²) < 4.78 is 0. The van der Waals surface area contributed by atoms with Crippen LogP contribution in [-0.2, 0) is 6.54 Å². The van der Waals surface area contributed by atoms with Crippen LogP contribution in [0.4, 0.5) is 0 Å². The van der Waals surface area contributed by atoms with Gasteiger partial charge in [-0.05, 0) is 73.0 Å². The molecule has 0 atom stereocenters. The number of benzene rings is 2. The molecule has 0 aromatic heterocycles. The molecule has 1 nitrogen and oxygen atoms in total. The first-order valence-electron chi connectivity index (χ1n) is 9.67. The molecule has 4 fully saturated rings. The van der Waals surface area contributed by atoms with Crippen LogP contribution >= 0.6 is 0 Å². The zero-order chi connectivity index (χ0) is 16.0. The third-order valence-corrected chi connectivity index (χ3v) is 6.77. The fourth-order valence-corrected chi connectivity index (χ4v) is 6.06. The van der Waals surface area contributed by atoms with Crippen LogP contribution in [0.25, 0.3) is 11.1 Å². The third kappa shape index (κ3) is 2.69. The first-order valence-corrected chi connectivity index (χ1v) is 9.67. The van der Waals surface area contributed by atoms with Gasteiger partial charge >= 0.3 is 0 Å². The van der Waals surface area contributed by atoms with Gasteiger partial charge < -0.3 is 5.32 Å². The zero-order valence-corrected chi connectivity index (χ0v) is 14.4. The SMILES string of the molecule is c1ccc(-c2ccc(CNC34CC5CC(CC(C5)C3)C4)cc2)cc1. The molecule has 0 amide bonds. The van der Waals surface area contributed by atoms with Crippen LogP contribution in [0.2, 0.25) is 0 Å². The smallest absolute Gasteiger partial charge is 0.0210 e. The van der Waals surface area contributed by atoms with Gasteiger partial charge in [0.2, 0.25) is 0 Å². The zero-order valence-electron chi connectivity index (χ0n) is 14.4. The van der Waals surface area contributed by atoms with Crippen LogP contribution in [0, 0.1) is 17.8 Å². The molecule has 4 aliphatic rings. The first kappa shape index (κ1) is 14.7. The Bertz CT molecular complexity index is 665. The van der Waals surface area contributed by atoms with Gasteiger partial charge in [0.1, 0.15) is 0 Å². The predicted molar refractivity (Wildman–Crippen MR) is 99.6 cm³/mol. The number of hydrogen-bond acceptors (Lipinski definition) is 1. The van der Waals surface area contributed by atoms with Crippen molar-refractivity contribution in [1.82, 2.24) is 5.32 Å². The highest BCUT2D eigenvalue weighted by molar-refractivity contribution is 5.63. The molecule has 24 heavy (non-hydrogen) atoms. The van der Waals surface area contributed by atoms with E-state index in [2.05, 4.69) is 59.9 Å². The van der Waals surface area contributed by atoms with Gasteiger partial charge in [0.05, 0.1) is 0 Å². The van der Waals surface area contributed by atoms with Crippen molar-refractivity contribution in [3.8, 4) is 11.1 Å². The molecule has 0 unspecified atom stereocenters. The fourth-order valence-electron chi connectivity index (χ4n) is 6.06. The molecule has 0 aliphatic heterocycles. The normalized spacial score (nSPS) is 33.8. The third-order valence-electron chi connectivity index (χ3n) is 6.77. The second-order valence-electron chi connectivity index (χ2n) is 8.61. The van der Waals surface area contributed by atoms with Crippen LogP contribution in [0.3, 0.4) is 0 Å². The maximum Gasteiger partial charge on any atom is 0.0210 e. The highest BCUT2D eigenvalue weighted by atomic mass is 15.0. The summed E-state index contributed by atoms with van der Waals surface area (Å²) in [5, 5.41) is 4.00. The topological polar surface area (TPSA) is 12.0 Å². The van der Waals surface area contributed by atoms with E-state index >= 15 is 0 Å². The molecule has 124 valence electrons. The van der Waals surface area contributed by atoms with Gasteiger partial charge in [0, 0.05) is 12.1 Å². The van der Waals surface area contributed by atoms with E-state index in [1.807, 2.05) is 0 Å². The monoisotopic (exact) mass is 317 g/mol. The molecule has 4 saturated carbocycles. The van der Waals surface area contributed by atoms with Crippen molar-refractivity contribution in [2.24, 2.45) is 17.8 Å². The molecule has 2 aromatic carbocycles. The minimum atomic E-state index is 0.465. The van der Waals surface area contributed by atoms with Gasteiger partial charge in [-0.25, -0.2) is 0 Å². The average Bonchev–Trinajstić information content (AvgIpc) is 2.60. The van der Waals surface area contributed by atoms with Gasteiger partial charge in [-0.2, -0.15) is 0 Å². The molecule has 0 heterocycles. The van der Waals surface area contributed by atoms with Gasteiger partial charge in [0.15, 0.2) is 0 Å². The highest BCUT2D eigenvalue weighted by Crippen LogP contribution is 2.55. The number of rotatable bonds is 4. The van der Waals surface area contributed by atoms with Crippen molar-refractivity contribution < 1.29 is 0 Å². The summed E-state index contributed by atoms with van der Waals surface area (Å²) in [5.74, 6) is 3.05. The Balaban J connectivity index is 1.27.